The highest BCUT2D eigenvalue weighted by Crippen LogP contribution is 2.39. The number of hydrogen-bond donors (Lipinski definition) is 0. The Hall–Kier alpha value is -2.26. The van der Waals surface area contributed by atoms with E-state index in [2.05, 4.69) is 9.84 Å². The highest BCUT2D eigenvalue weighted by molar-refractivity contribution is 5.94. The number of ether oxygens (including phenoxy) is 1. The molecule has 10 heteroatoms. The number of amides is 2. The summed E-state index contributed by atoms with van der Waals surface area (Å²) in [5, 5.41) is 4.03. The van der Waals surface area contributed by atoms with Gasteiger partial charge in [-0.15, -0.1) is 0 Å². The van der Waals surface area contributed by atoms with Gasteiger partial charge in [-0.25, -0.2) is 4.79 Å². The summed E-state index contributed by atoms with van der Waals surface area (Å²) in [5.41, 5.74) is 0.152. The van der Waals surface area contributed by atoms with Crippen LogP contribution in [0.5, 0.6) is 0 Å². The van der Waals surface area contributed by atoms with Gasteiger partial charge in [-0.3, -0.25) is 9.48 Å². The van der Waals surface area contributed by atoms with Gasteiger partial charge in [0.15, 0.2) is 6.10 Å². The Balaban J connectivity index is 1.63. The van der Waals surface area contributed by atoms with Gasteiger partial charge in [-0.2, -0.15) is 18.3 Å². The van der Waals surface area contributed by atoms with E-state index in [0.717, 1.165) is 19.8 Å². The number of aromatic nitrogens is 2. The molecule has 1 spiro atoms. The lowest BCUT2D eigenvalue weighted by atomic mass is 9.85. The molecule has 2 fully saturated rings. The molecule has 27 heavy (non-hydrogen) atoms. The van der Waals surface area contributed by atoms with Gasteiger partial charge in [0, 0.05) is 38.4 Å². The Morgan fingerprint density at radius 2 is 1.89 bits per heavy atom. The van der Waals surface area contributed by atoms with Crippen LogP contribution in [0.3, 0.4) is 0 Å². The number of piperidine rings is 1. The Morgan fingerprint density at radius 3 is 2.44 bits per heavy atom. The van der Waals surface area contributed by atoms with Crippen LogP contribution in [0.1, 0.15) is 43.0 Å². The van der Waals surface area contributed by atoms with E-state index in [9.17, 15) is 22.8 Å². The molecule has 3 rings (SSSR count). The summed E-state index contributed by atoms with van der Waals surface area (Å²) in [6.45, 7) is 1.97. The number of carbonyl (C=O) groups is 2. The number of hydrogen-bond acceptors (Lipinski definition) is 4. The fraction of sp³-hybridized carbons (Fsp3) is 0.706. The Kier molecular flexibility index (Phi) is 5.09. The van der Waals surface area contributed by atoms with Crippen molar-refractivity contribution in [3.8, 4) is 0 Å². The van der Waals surface area contributed by atoms with Gasteiger partial charge in [0.05, 0.1) is 11.8 Å². The Bertz CT molecular complexity index is 711. The lowest BCUT2D eigenvalue weighted by Gasteiger charge is -2.44. The summed E-state index contributed by atoms with van der Waals surface area (Å²) in [7, 11) is 1.74. The Morgan fingerprint density at radius 1 is 1.22 bits per heavy atom. The van der Waals surface area contributed by atoms with Crippen molar-refractivity contribution in [2.45, 2.75) is 50.4 Å². The molecule has 2 saturated heterocycles. The summed E-state index contributed by atoms with van der Waals surface area (Å²) >= 11 is 0. The molecule has 7 nitrogen and oxygen atoms in total. The number of carbonyl (C=O) groups excluding carboxylic acids is 2. The third-order valence-electron chi connectivity index (χ3n) is 5.48. The van der Waals surface area contributed by atoms with Gasteiger partial charge < -0.3 is 14.5 Å². The van der Waals surface area contributed by atoms with Crippen LogP contribution in [-0.4, -0.2) is 69.0 Å². The predicted molar refractivity (Wildman–Crippen MR) is 89.0 cm³/mol. The number of alkyl halides is 3. The first kappa shape index (κ1) is 19.5. The van der Waals surface area contributed by atoms with Crippen molar-refractivity contribution in [2.24, 2.45) is 7.05 Å². The minimum Gasteiger partial charge on any atom is -0.437 e. The van der Waals surface area contributed by atoms with Gasteiger partial charge >= 0.3 is 12.3 Å². The van der Waals surface area contributed by atoms with Crippen molar-refractivity contribution in [1.29, 1.82) is 0 Å². The lowest BCUT2D eigenvalue weighted by molar-refractivity contribution is -0.200. The summed E-state index contributed by atoms with van der Waals surface area (Å²) in [4.78, 5) is 28.0. The van der Waals surface area contributed by atoms with Crippen molar-refractivity contribution >= 4 is 12.0 Å². The van der Waals surface area contributed by atoms with E-state index in [0.29, 0.717) is 24.9 Å². The summed E-state index contributed by atoms with van der Waals surface area (Å²) in [6, 6.07) is 0. The lowest BCUT2D eigenvalue weighted by Crippen LogP contribution is -2.55. The molecule has 2 aliphatic rings. The van der Waals surface area contributed by atoms with Crippen LogP contribution in [0.2, 0.25) is 0 Å². The second kappa shape index (κ2) is 7.05. The standard InChI is InChI=1S/C17H23F3N4O3/c1-12(17(18,19)20)27-15(26)23-8-5-16(6-9-23)4-3-7-24(16)14(25)13-10-21-22(2)11-13/h10-12H,3-9H2,1-2H3. The second-order valence-electron chi connectivity index (χ2n) is 7.24. The van der Waals surface area contributed by atoms with Crippen molar-refractivity contribution in [2.75, 3.05) is 19.6 Å². The number of aryl methyl sites for hydroxylation is 1. The highest BCUT2D eigenvalue weighted by atomic mass is 19.4. The number of rotatable bonds is 2. The topological polar surface area (TPSA) is 67.7 Å². The fourth-order valence-corrected chi connectivity index (χ4v) is 3.86. The minimum atomic E-state index is -4.58. The molecule has 3 heterocycles. The van der Waals surface area contributed by atoms with Crippen molar-refractivity contribution in [3.05, 3.63) is 18.0 Å². The third kappa shape index (κ3) is 3.89. The first-order valence-corrected chi connectivity index (χ1v) is 8.95. The molecule has 0 bridgehead atoms. The molecule has 1 atom stereocenters. The number of likely N-dealkylation sites (tertiary alicyclic amines) is 2. The van der Waals surface area contributed by atoms with Crippen LogP contribution in [0.25, 0.3) is 0 Å². The average molecular weight is 388 g/mol. The van der Waals surface area contributed by atoms with Gasteiger partial charge in [-0.1, -0.05) is 0 Å². The fourth-order valence-electron chi connectivity index (χ4n) is 3.86. The first-order chi connectivity index (χ1) is 12.6. The molecule has 0 radical (unpaired) electrons. The maximum absolute atomic E-state index is 12.8. The van der Waals surface area contributed by atoms with Crippen molar-refractivity contribution in [3.63, 3.8) is 0 Å². The second-order valence-corrected chi connectivity index (χ2v) is 7.24. The van der Waals surface area contributed by atoms with E-state index in [1.54, 1.807) is 17.9 Å². The third-order valence-corrected chi connectivity index (χ3v) is 5.48. The summed E-state index contributed by atoms with van der Waals surface area (Å²) < 4.78 is 43.8. The summed E-state index contributed by atoms with van der Waals surface area (Å²) in [6.07, 6.45) is -1.76. The predicted octanol–water partition coefficient (Wildman–Crippen LogP) is 2.58. The van der Waals surface area contributed by atoms with E-state index >= 15 is 0 Å². The molecule has 150 valence electrons. The van der Waals surface area contributed by atoms with Crippen LogP contribution in [0.4, 0.5) is 18.0 Å². The van der Waals surface area contributed by atoms with Crippen LogP contribution >= 0.6 is 0 Å². The molecular formula is C17H23F3N4O3. The van der Waals surface area contributed by atoms with Crippen LogP contribution in [0, 0.1) is 0 Å². The van der Waals surface area contributed by atoms with Gasteiger partial charge in [0.1, 0.15) is 0 Å². The molecule has 0 N–H and O–H groups in total. The van der Waals surface area contributed by atoms with E-state index in [-0.39, 0.29) is 24.5 Å². The molecule has 0 aromatic carbocycles. The number of halogens is 3. The maximum atomic E-state index is 12.8. The zero-order chi connectivity index (χ0) is 19.8. The molecule has 2 amide bonds. The van der Waals surface area contributed by atoms with E-state index in [4.69, 9.17) is 0 Å². The van der Waals surface area contributed by atoms with Crippen molar-refractivity contribution in [1.82, 2.24) is 19.6 Å². The van der Waals surface area contributed by atoms with E-state index in [1.807, 2.05) is 4.90 Å². The maximum Gasteiger partial charge on any atom is 0.425 e. The SMILES string of the molecule is CC(OC(=O)N1CCC2(CCCN2C(=O)c2cnn(C)c2)CC1)C(F)(F)F. The van der Waals surface area contributed by atoms with Gasteiger partial charge in [0.2, 0.25) is 0 Å². The molecule has 1 unspecified atom stereocenters. The monoisotopic (exact) mass is 388 g/mol. The zero-order valence-corrected chi connectivity index (χ0v) is 15.3. The van der Waals surface area contributed by atoms with Crippen LogP contribution in [-0.2, 0) is 11.8 Å². The molecular weight excluding hydrogens is 365 g/mol. The normalized spacial score (nSPS) is 20.8. The highest BCUT2D eigenvalue weighted by Gasteiger charge is 2.47. The molecule has 1 aromatic rings. The number of nitrogens with zero attached hydrogens (tertiary/aromatic N) is 4. The Labute approximate surface area is 155 Å². The smallest absolute Gasteiger partial charge is 0.425 e. The molecule has 0 saturated carbocycles. The van der Waals surface area contributed by atoms with Crippen molar-refractivity contribution < 1.29 is 27.5 Å². The summed E-state index contributed by atoms with van der Waals surface area (Å²) in [5.74, 6) is -0.0951. The van der Waals surface area contributed by atoms with E-state index in [1.165, 1.54) is 11.1 Å². The average Bonchev–Trinajstić information content (AvgIpc) is 3.21. The first-order valence-electron chi connectivity index (χ1n) is 8.95. The van der Waals surface area contributed by atoms with Crippen LogP contribution < -0.4 is 0 Å². The largest absolute Gasteiger partial charge is 0.437 e. The minimum absolute atomic E-state index is 0.0951. The zero-order valence-electron chi connectivity index (χ0n) is 15.3. The quantitative estimate of drug-likeness (QED) is 0.781. The molecule has 1 aromatic heterocycles. The molecule has 0 aliphatic carbocycles. The van der Waals surface area contributed by atoms with Gasteiger partial charge in [-0.05, 0) is 32.6 Å². The van der Waals surface area contributed by atoms with Crippen LogP contribution in [0.15, 0.2) is 12.4 Å². The van der Waals surface area contributed by atoms with Gasteiger partial charge in [0.25, 0.3) is 5.91 Å². The molecule has 2 aliphatic heterocycles. The van der Waals surface area contributed by atoms with E-state index < -0.39 is 18.4 Å².